The highest BCUT2D eigenvalue weighted by Crippen LogP contribution is 2.22. The first-order chi connectivity index (χ1) is 6.75. The molecule has 2 rings (SSSR count). The second-order valence-electron chi connectivity index (χ2n) is 2.95. The molecule has 0 radical (unpaired) electrons. The van der Waals surface area contributed by atoms with Crippen LogP contribution in [-0.2, 0) is 4.79 Å². The van der Waals surface area contributed by atoms with E-state index in [2.05, 4.69) is 4.98 Å². The summed E-state index contributed by atoms with van der Waals surface area (Å²) in [7, 11) is 0. The standard InChI is InChI=1S/C11H9NOS/c1-8(13)14-10-4-5-11-9(7-10)3-2-6-12-11/h2-7H,1H3. The Morgan fingerprint density at radius 3 is 3.00 bits per heavy atom. The minimum atomic E-state index is 0.105. The van der Waals surface area contributed by atoms with Crippen molar-refractivity contribution in [1.29, 1.82) is 0 Å². The van der Waals surface area contributed by atoms with Crippen molar-refractivity contribution in [3.8, 4) is 0 Å². The van der Waals surface area contributed by atoms with Crippen molar-refractivity contribution in [2.45, 2.75) is 11.8 Å². The minimum Gasteiger partial charge on any atom is -0.287 e. The van der Waals surface area contributed by atoms with Crippen LogP contribution < -0.4 is 0 Å². The van der Waals surface area contributed by atoms with E-state index in [4.69, 9.17) is 0 Å². The number of carbonyl (C=O) groups is 1. The average Bonchev–Trinajstić information content (AvgIpc) is 2.17. The fourth-order valence-electron chi connectivity index (χ4n) is 1.28. The molecule has 0 N–H and O–H groups in total. The fraction of sp³-hybridized carbons (Fsp3) is 0.0909. The van der Waals surface area contributed by atoms with Crippen LogP contribution >= 0.6 is 11.8 Å². The molecule has 0 saturated carbocycles. The van der Waals surface area contributed by atoms with Crippen LogP contribution in [0.2, 0.25) is 0 Å². The third-order valence-corrected chi connectivity index (χ3v) is 2.61. The molecule has 0 amide bonds. The van der Waals surface area contributed by atoms with E-state index in [1.807, 2.05) is 30.3 Å². The molecule has 0 saturated heterocycles. The molecule has 2 aromatic rings. The van der Waals surface area contributed by atoms with Crippen LogP contribution in [0.15, 0.2) is 41.4 Å². The molecule has 1 aromatic carbocycles. The number of fused-ring (bicyclic) bond motifs is 1. The second-order valence-corrected chi connectivity index (χ2v) is 4.20. The number of benzene rings is 1. The molecular formula is C11H9NOS. The lowest BCUT2D eigenvalue weighted by Gasteiger charge is -1.99. The largest absolute Gasteiger partial charge is 0.287 e. The van der Waals surface area contributed by atoms with Gasteiger partial charge in [-0.3, -0.25) is 9.78 Å². The molecule has 70 valence electrons. The van der Waals surface area contributed by atoms with Crippen LogP contribution in [0.1, 0.15) is 6.92 Å². The first kappa shape index (κ1) is 9.21. The van der Waals surface area contributed by atoms with Gasteiger partial charge >= 0.3 is 0 Å². The summed E-state index contributed by atoms with van der Waals surface area (Å²) in [5, 5.41) is 1.17. The summed E-state index contributed by atoms with van der Waals surface area (Å²) in [5.74, 6) is 0. The van der Waals surface area contributed by atoms with Crippen molar-refractivity contribution in [2.75, 3.05) is 0 Å². The van der Waals surface area contributed by atoms with Crippen molar-refractivity contribution in [3.63, 3.8) is 0 Å². The van der Waals surface area contributed by atoms with E-state index < -0.39 is 0 Å². The molecule has 14 heavy (non-hydrogen) atoms. The molecular weight excluding hydrogens is 194 g/mol. The van der Waals surface area contributed by atoms with Gasteiger partial charge in [-0.1, -0.05) is 17.8 Å². The summed E-state index contributed by atoms with van der Waals surface area (Å²) in [4.78, 5) is 16.1. The number of carbonyl (C=O) groups excluding carboxylic acids is 1. The molecule has 1 heterocycles. The number of rotatable bonds is 1. The first-order valence-electron chi connectivity index (χ1n) is 4.29. The average molecular weight is 203 g/mol. The molecule has 0 aliphatic rings. The van der Waals surface area contributed by atoms with Crippen LogP contribution in [0.3, 0.4) is 0 Å². The van der Waals surface area contributed by atoms with Gasteiger partial charge in [0.05, 0.1) is 5.52 Å². The Morgan fingerprint density at radius 2 is 2.21 bits per heavy atom. The molecule has 0 atom stereocenters. The lowest BCUT2D eigenvalue weighted by Crippen LogP contribution is -1.82. The summed E-state index contributed by atoms with van der Waals surface area (Å²) in [6, 6.07) is 9.72. The summed E-state index contributed by atoms with van der Waals surface area (Å²) in [6.07, 6.45) is 1.76. The van der Waals surface area contributed by atoms with E-state index in [1.165, 1.54) is 11.8 Å². The van der Waals surface area contributed by atoms with Gasteiger partial charge < -0.3 is 0 Å². The van der Waals surface area contributed by atoms with Gasteiger partial charge in [0.15, 0.2) is 5.12 Å². The van der Waals surface area contributed by atoms with Crippen molar-refractivity contribution in [2.24, 2.45) is 0 Å². The van der Waals surface area contributed by atoms with Gasteiger partial charge in [0.2, 0.25) is 0 Å². The van der Waals surface area contributed by atoms with Crippen molar-refractivity contribution < 1.29 is 4.79 Å². The lowest BCUT2D eigenvalue weighted by molar-refractivity contribution is -0.109. The number of nitrogens with zero attached hydrogens (tertiary/aromatic N) is 1. The van der Waals surface area contributed by atoms with Crippen LogP contribution in [-0.4, -0.2) is 10.1 Å². The fourth-order valence-corrected chi connectivity index (χ4v) is 1.94. The molecule has 0 aliphatic heterocycles. The Labute approximate surface area is 86.3 Å². The minimum absolute atomic E-state index is 0.105. The van der Waals surface area contributed by atoms with Crippen LogP contribution in [0.5, 0.6) is 0 Å². The third kappa shape index (κ3) is 1.93. The van der Waals surface area contributed by atoms with E-state index in [1.54, 1.807) is 13.1 Å². The zero-order chi connectivity index (χ0) is 9.97. The maximum absolute atomic E-state index is 10.9. The molecule has 1 aromatic heterocycles. The van der Waals surface area contributed by atoms with Crippen molar-refractivity contribution >= 4 is 27.8 Å². The molecule has 2 nitrogen and oxygen atoms in total. The van der Waals surface area contributed by atoms with Gasteiger partial charge in [-0.15, -0.1) is 0 Å². The topological polar surface area (TPSA) is 30.0 Å². The van der Waals surface area contributed by atoms with E-state index in [0.29, 0.717) is 0 Å². The van der Waals surface area contributed by atoms with Crippen molar-refractivity contribution in [3.05, 3.63) is 36.5 Å². The van der Waals surface area contributed by atoms with E-state index in [9.17, 15) is 4.79 Å². The quantitative estimate of drug-likeness (QED) is 0.667. The van der Waals surface area contributed by atoms with Crippen molar-refractivity contribution in [1.82, 2.24) is 4.98 Å². The Morgan fingerprint density at radius 1 is 1.36 bits per heavy atom. The van der Waals surface area contributed by atoms with E-state index in [0.717, 1.165) is 15.8 Å². The molecule has 0 unspecified atom stereocenters. The van der Waals surface area contributed by atoms with Gasteiger partial charge in [0.25, 0.3) is 0 Å². The number of aromatic nitrogens is 1. The predicted molar refractivity (Wildman–Crippen MR) is 58.3 cm³/mol. The van der Waals surface area contributed by atoms with Gasteiger partial charge in [-0.25, -0.2) is 0 Å². The van der Waals surface area contributed by atoms with Crippen LogP contribution in [0.4, 0.5) is 0 Å². The summed E-state index contributed by atoms with van der Waals surface area (Å²) in [6.45, 7) is 1.57. The lowest BCUT2D eigenvalue weighted by atomic mass is 10.2. The molecule has 0 fully saturated rings. The molecule has 0 aliphatic carbocycles. The maximum Gasteiger partial charge on any atom is 0.190 e. The van der Waals surface area contributed by atoms with E-state index in [-0.39, 0.29) is 5.12 Å². The smallest absolute Gasteiger partial charge is 0.190 e. The molecule has 0 bridgehead atoms. The number of pyridine rings is 1. The van der Waals surface area contributed by atoms with Gasteiger partial charge in [0, 0.05) is 23.4 Å². The number of thioether (sulfide) groups is 1. The number of hydrogen-bond acceptors (Lipinski definition) is 3. The maximum atomic E-state index is 10.9. The Hall–Kier alpha value is -1.35. The molecule has 3 heteroatoms. The van der Waals surface area contributed by atoms with Crippen LogP contribution in [0, 0.1) is 0 Å². The zero-order valence-corrected chi connectivity index (χ0v) is 8.54. The van der Waals surface area contributed by atoms with Gasteiger partial charge in [-0.05, 0) is 24.3 Å². The Balaban J connectivity index is 2.46. The molecule has 0 spiro atoms. The summed E-state index contributed by atoms with van der Waals surface area (Å²) < 4.78 is 0. The highest BCUT2D eigenvalue weighted by molar-refractivity contribution is 8.13. The SMILES string of the molecule is CC(=O)Sc1ccc2ncccc2c1. The monoisotopic (exact) mass is 203 g/mol. The van der Waals surface area contributed by atoms with Gasteiger partial charge in [-0.2, -0.15) is 0 Å². The predicted octanol–water partition coefficient (Wildman–Crippen LogP) is 2.87. The normalized spacial score (nSPS) is 10.4. The number of hydrogen-bond donors (Lipinski definition) is 0. The Bertz CT molecular complexity index is 481. The van der Waals surface area contributed by atoms with Crippen LogP contribution in [0.25, 0.3) is 10.9 Å². The second kappa shape index (κ2) is 3.80. The zero-order valence-electron chi connectivity index (χ0n) is 7.73. The van der Waals surface area contributed by atoms with E-state index >= 15 is 0 Å². The summed E-state index contributed by atoms with van der Waals surface area (Å²) in [5.41, 5.74) is 0.959. The Kier molecular flexibility index (Phi) is 2.50. The van der Waals surface area contributed by atoms with Gasteiger partial charge in [0.1, 0.15) is 0 Å². The first-order valence-corrected chi connectivity index (χ1v) is 5.10. The highest BCUT2D eigenvalue weighted by Gasteiger charge is 1.99. The highest BCUT2D eigenvalue weighted by atomic mass is 32.2. The third-order valence-electron chi connectivity index (χ3n) is 1.84. The summed E-state index contributed by atoms with van der Waals surface area (Å²) >= 11 is 1.25.